The molecule has 0 aliphatic rings. The molecule has 0 saturated carbocycles. The molecule has 1 heteroatoms. The molecule has 0 fully saturated rings. The molecular weight excluding hydrogens is 218 g/mol. The van der Waals surface area contributed by atoms with E-state index in [1.165, 1.54) is 16.7 Å². The van der Waals surface area contributed by atoms with Crippen molar-refractivity contribution >= 4 is 0 Å². The zero-order chi connectivity index (χ0) is 13.0. The van der Waals surface area contributed by atoms with Gasteiger partial charge in [-0.2, -0.15) is 0 Å². The third-order valence-electron chi connectivity index (χ3n) is 3.72. The Hall–Kier alpha value is -1.60. The number of benzene rings is 2. The molecule has 0 aromatic heterocycles. The predicted octanol–water partition coefficient (Wildman–Crippen LogP) is 3.86. The number of hydrogen-bond donors (Lipinski definition) is 1. The molecule has 18 heavy (non-hydrogen) atoms. The van der Waals surface area contributed by atoms with E-state index >= 15 is 0 Å². The largest absolute Gasteiger partial charge is 0.318 e. The summed E-state index contributed by atoms with van der Waals surface area (Å²) in [7, 11) is 0. The average Bonchev–Trinajstić information content (AvgIpc) is 2.47. The van der Waals surface area contributed by atoms with Gasteiger partial charge in [0.2, 0.25) is 0 Å². The van der Waals surface area contributed by atoms with Gasteiger partial charge in [-0.05, 0) is 29.5 Å². The summed E-state index contributed by atoms with van der Waals surface area (Å²) in [6.45, 7) is 4.31. The van der Waals surface area contributed by atoms with Gasteiger partial charge in [-0.25, -0.2) is 0 Å². The molecule has 0 aliphatic heterocycles. The predicted molar refractivity (Wildman–Crippen MR) is 77.5 cm³/mol. The molecule has 0 aliphatic carbocycles. The fraction of sp³-hybridized carbons (Fsp3) is 0.294. The summed E-state index contributed by atoms with van der Waals surface area (Å²) in [5.74, 6) is 0. The Morgan fingerprint density at radius 3 is 1.89 bits per heavy atom. The summed E-state index contributed by atoms with van der Waals surface area (Å²) in [5.41, 5.74) is 9.97. The molecule has 0 spiro atoms. The minimum atomic E-state index is -0.381. The van der Waals surface area contributed by atoms with Crippen LogP contribution in [0.5, 0.6) is 0 Å². The van der Waals surface area contributed by atoms with Crippen LogP contribution in [-0.4, -0.2) is 0 Å². The monoisotopic (exact) mass is 239 g/mol. The van der Waals surface area contributed by atoms with Crippen molar-refractivity contribution < 1.29 is 0 Å². The second-order valence-corrected chi connectivity index (χ2v) is 4.74. The molecule has 0 amide bonds. The lowest BCUT2D eigenvalue weighted by atomic mass is 9.81. The van der Waals surface area contributed by atoms with Crippen molar-refractivity contribution in [2.45, 2.75) is 32.2 Å². The van der Waals surface area contributed by atoms with E-state index in [4.69, 9.17) is 5.73 Å². The van der Waals surface area contributed by atoms with E-state index in [0.29, 0.717) is 0 Å². The lowest BCUT2D eigenvalue weighted by Gasteiger charge is -2.29. The van der Waals surface area contributed by atoms with E-state index in [9.17, 15) is 0 Å². The first-order chi connectivity index (χ1) is 8.70. The third kappa shape index (κ3) is 2.32. The van der Waals surface area contributed by atoms with E-state index in [1.807, 2.05) is 18.2 Å². The van der Waals surface area contributed by atoms with Crippen molar-refractivity contribution in [3.05, 3.63) is 71.3 Å². The maximum Gasteiger partial charge on any atom is 0.0662 e. The van der Waals surface area contributed by atoms with Crippen LogP contribution in [0.2, 0.25) is 0 Å². The highest BCUT2D eigenvalue weighted by Gasteiger charge is 2.26. The maximum absolute atomic E-state index is 6.63. The second-order valence-electron chi connectivity index (χ2n) is 4.74. The summed E-state index contributed by atoms with van der Waals surface area (Å²) in [4.78, 5) is 0. The van der Waals surface area contributed by atoms with Gasteiger partial charge in [0.15, 0.2) is 0 Å². The fourth-order valence-electron chi connectivity index (χ4n) is 2.35. The van der Waals surface area contributed by atoms with Crippen molar-refractivity contribution in [1.29, 1.82) is 0 Å². The molecule has 94 valence electrons. The SMILES string of the molecule is CCc1ccc(C(N)(CC)c2ccccc2)cc1. The molecule has 2 aromatic rings. The third-order valence-corrected chi connectivity index (χ3v) is 3.72. The molecule has 2 rings (SSSR count). The quantitative estimate of drug-likeness (QED) is 0.861. The number of aryl methyl sites for hydroxylation is 1. The van der Waals surface area contributed by atoms with Crippen molar-refractivity contribution in [2.24, 2.45) is 5.73 Å². The van der Waals surface area contributed by atoms with Crippen LogP contribution in [0.1, 0.15) is 37.0 Å². The first-order valence-electron chi connectivity index (χ1n) is 6.64. The lowest BCUT2D eigenvalue weighted by molar-refractivity contribution is 0.519. The van der Waals surface area contributed by atoms with Crippen LogP contribution in [-0.2, 0) is 12.0 Å². The zero-order valence-electron chi connectivity index (χ0n) is 11.2. The Kier molecular flexibility index (Phi) is 3.83. The summed E-state index contributed by atoms with van der Waals surface area (Å²) in [6, 6.07) is 19.0. The van der Waals surface area contributed by atoms with Gasteiger partial charge in [-0.3, -0.25) is 0 Å². The molecule has 1 atom stereocenters. The van der Waals surface area contributed by atoms with Gasteiger partial charge in [0.05, 0.1) is 5.54 Å². The van der Waals surface area contributed by atoms with Crippen LogP contribution < -0.4 is 5.73 Å². The topological polar surface area (TPSA) is 26.0 Å². The highest BCUT2D eigenvalue weighted by Crippen LogP contribution is 2.30. The first kappa shape index (κ1) is 12.8. The number of hydrogen-bond acceptors (Lipinski definition) is 1. The van der Waals surface area contributed by atoms with E-state index in [2.05, 4.69) is 50.2 Å². The van der Waals surface area contributed by atoms with Crippen LogP contribution in [0, 0.1) is 0 Å². The smallest absolute Gasteiger partial charge is 0.0662 e. The molecular formula is C17H21N. The number of rotatable bonds is 4. The maximum atomic E-state index is 6.63. The molecule has 2 aromatic carbocycles. The molecule has 0 bridgehead atoms. The van der Waals surface area contributed by atoms with Gasteiger partial charge in [0.1, 0.15) is 0 Å². The van der Waals surface area contributed by atoms with Gasteiger partial charge in [-0.1, -0.05) is 68.4 Å². The summed E-state index contributed by atoms with van der Waals surface area (Å²) >= 11 is 0. The number of nitrogens with two attached hydrogens (primary N) is 1. The van der Waals surface area contributed by atoms with Crippen LogP contribution in [0.15, 0.2) is 54.6 Å². The fourth-order valence-corrected chi connectivity index (χ4v) is 2.35. The molecule has 2 N–H and O–H groups in total. The van der Waals surface area contributed by atoms with Crippen molar-refractivity contribution in [2.75, 3.05) is 0 Å². The van der Waals surface area contributed by atoms with Crippen molar-refractivity contribution in [3.8, 4) is 0 Å². The zero-order valence-corrected chi connectivity index (χ0v) is 11.2. The lowest BCUT2D eigenvalue weighted by Crippen LogP contribution is -2.37. The second kappa shape index (κ2) is 5.36. The Morgan fingerprint density at radius 2 is 1.39 bits per heavy atom. The summed E-state index contributed by atoms with van der Waals surface area (Å²) in [6.07, 6.45) is 1.96. The van der Waals surface area contributed by atoms with E-state index in [0.717, 1.165) is 12.8 Å². The van der Waals surface area contributed by atoms with E-state index in [1.54, 1.807) is 0 Å². The summed E-state index contributed by atoms with van der Waals surface area (Å²) < 4.78 is 0. The summed E-state index contributed by atoms with van der Waals surface area (Å²) in [5, 5.41) is 0. The van der Waals surface area contributed by atoms with Gasteiger partial charge in [0.25, 0.3) is 0 Å². The van der Waals surface area contributed by atoms with Gasteiger partial charge >= 0.3 is 0 Å². The van der Waals surface area contributed by atoms with Gasteiger partial charge < -0.3 is 5.73 Å². The highest BCUT2D eigenvalue weighted by atomic mass is 14.7. The Balaban J connectivity index is 2.43. The molecule has 1 unspecified atom stereocenters. The van der Waals surface area contributed by atoms with Crippen molar-refractivity contribution in [3.63, 3.8) is 0 Å². The highest BCUT2D eigenvalue weighted by molar-refractivity contribution is 5.38. The van der Waals surface area contributed by atoms with Gasteiger partial charge in [0, 0.05) is 0 Å². The Morgan fingerprint density at radius 1 is 0.833 bits per heavy atom. The standard InChI is InChI=1S/C17H21N/c1-3-14-10-12-16(13-11-14)17(18,4-2)15-8-6-5-7-9-15/h5-13H,3-4,18H2,1-2H3. The van der Waals surface area contributed by atoms with E-state index in [-0.39, 0.29) is 5.54 Å². The minimum absolute atomic E-state index is 0.381. The molecule has 0 saturated heterocycles. The normalized spacial score (nSPS) is 14.2. The van der Waals surface area contributed by atoms with Crippen molar-refractivity contribution in [1.82, 2.24) is 0 Å². The van der Waals surface area contributed by atoms with Crippen LogP contribution >= 0.6 is 0 Å². The molecule has 0 radical (unpaired) electrons. The van der Waals surface area contributed by atoms with Gasteiger partial charge in [-0.15, -0.1) is 0 Å². The van der Waals surface area contributed by atoms with Crippen LogP contribution in [0.25, 0.3) is 0 Å². The minimum Gasteiger partial charge on any atom is -0.318 e. The Bertz CT molecular complexity index is 487. The molecule has 0 heterocycles. The first-order valence-corrected chi connectivity index (χ1v) is 6.64. The molecule has 1 nitrogen and oxygen atoms in total. The van der Waals surface area contributed by atoms with E-state index < -0.39 is 0 Å². The van der Waals surface area contributed by atoms with Crippen LogP contribution in [0.3, 0.4) is 0 Å². The average molecular weight is 239 g/mol. The Labute approximate surface area is 110 Å². The van der Waals surface area contributed by atoms with Crippen LogP contribution in [0.4, 0.5) is 0 Å².